The number of ether oxygens (including phenoxy) is 2. The maximum absolute atomic E-state index is 13.1. The summed E-state index contributed by atoms with van der Waals surface area (Å²) in [6.07, 6.45) is -1.16. The fourth-order valence-corrected chi connectivity index (χ4v) is 4.53. The average molecular weight is 481 g/mol. The van der Waals surface area contributed by atoms with Crippen molar-refractivity contribution in [3.8, 4) is 5.75 Å². The zero-order valence-corrected chi connectivity index (χ0v) is 20.2. The zero-order valence-electron chi connectivity index (χ0n) is 19.4. The van der Waals surface area contributed by atoms with E-state index in [0.717, 1.165) is 6.07 Å². The number of nitrogens with one attached hydrogen (secondary N) is 2. The van der Waals surface area contributed by atoms with Crippen molar-refractivity contribution in [2.24, 2.45) is 0 Å². The molecule has 1 amide bonds. The quantitative estimate of drug-likeness (QED) is 0.561. The molecule has 2 N–H and O–H groups in total. The van der Waals surface area contributed by atoms with Gasteiger partial charge >= 0.3 is 5.97 Å². The van der Waals surface area contributed by atoms with Crippen molar-refractivity contribution in [1.29, 1.82) is 0 Å². The molecule has 0 saturated heterocycles. The number of hydrogen-bond donors (Lipinski definition) is 2. The minimum Gasteiger partial charge on any atom is -0.495 e. The molecule has 0 bridgehead atoms. The number of halogens is 1. The van der Waals surface area contributed by atoms with E-state index in [9.17, 15) is 22.4 Å². The Kier molecular flexibility index (Phi) is 8.20. The minimum atomic E-state index is -4.00. The predicted molar refractivity (Wildman–Crippen MR) is 121 cm³/mol. The van der Waals surface area contributed by atoms with Crippen molar-refractivity contribution in [3.63, 3.8) is 0 Å². The van der Waals surface area contributed by atoms with E-state index >= 15 is 0 Å². The van der Waals surface area contributed by atoms with Crippen molar-refractivity contribution in [2.45, 2.75) is 57.2 Å². The van der Waals surface area contributed by atoms with Crippen LogP contribution in [0.1, 0.15) is 56.6 Å². The maximum Gasteiger partial charge on any atom is 0.338 e. The van der Waals surface area contributed by atoms with Crippen LogP contribution in [-0.4, -0.2) is 39.0 Å². The molecular weight excluding hydrogens is 451 g/mol. The fraction of sp³-hybridized carbons (Fsp3) is 0.391. The van der Waals surface area contributed by atoms with Gasteiger partial charge in [-0.25, -0.2) is 22.3 Å². The van der Waals surface area contributed by atoms with Crippen LogP contribution < -0.4 is 14.8 Å². The Morgan fingerprint density at radius 1 is 1.03 bits per heavy atom. The molecule has 2 aromatic rings. The zero-order chi connectivity index (χ0) is 25.0. The third-order valence-corrected chi connectivity index (χ3v) is 6.29. The van der Waals surface area contributed by atoms with Gasteiger partial charge in [-0.3, -0.25) is 4.79 Å². The van der Waals surface area contributed by atoms with Crippen LogP contribution in [0.4, 0.5) is 4.39 Å². The first-order chi connectivity index (χ1) is 15.2. The summed E-state index contributed by atoms with van der Waals surface area (Å²) in [4.78, 5) is 24.8. The van der Waals surface area contributed by atoms with Gasteiger partial charge in [0, 0.05) is 5.54 Å². The normalized spacial score (nSPS) is 13.7. The van der Waals surface area contributed by atoms with Crippen LogP contribution in [0.2, 0.25) is 0 Å². The van der Waals surface area contributed by atoms with Gasteiger partial charge in [-0.15, -0.1) is 0 Å². The molecule has 0 aliphatic heterocycles. The summed E-state index contributed by atoms with van der Waals surface area (Å²) < 4.78 is 51.5. The van der Waals surface area contributed by atoms with Crippen LogP contribution in [0.25, 0.3) is 0 Å². The summed E-state index contributed by atoms with van der Waals surface area (Å²) in [6.45, 7) is 8.16. The number of amides is 1. The topological polar surface area (TPSA) is 111 Å². The van der Waals surface area contributed by atoms with Crippen LogP contribution in [-0.2, 0) is 19.6 Å². The molecule has 2 aromatic carbocycles. The van der Waals surface area contributed by atoms with Crippen LogP contribution >= 0.6 is 0 Å². The standard InChI is InChI=1S/C23H29FN2O6S/c1-14(16-7-10-18(24)11-8-16)25-21(27)15(2)32-22(28)17-9-12-19(31-6)20(13-17)33(29,30)26-23(3,4)5/h7-15,26H,1-6H3,(H,25,27). The van der Waals surface area contributed by atoms with Gasteiger partial charge in [0.25, 0.3) is 5.91 Å². The first-order valence-electron chi connectivity index (χ1n) is 10.2. The third-order valence-electron chi connectivity index (χ3n) is 4.51. The van der Waals surface area contributed by atoms with E-state index in [1.54, 1.807) is 39.8 Å². The average Bonchev–Trinajstić information content (AvgIpc) is 2.71. The second-order valence-electron chi connectivity index (χ2n) is 8.55. The van der Waals surface area contributed by atoms with E-state index in [-0.39, 0.29) is 16.2 Å². The molecule has 0 aromatic heterocycles. The van der Waals surface area contributed by atoms with Gasteiger partial charge < -0.3 is 14.8 Å². The van der Waals surface area contributed by atoms with E-state index in [1.165, 1.54) is 38.3 Å². The second-order valence-corrected chi connectivity index (χ2v) is 10.2. The molecule has 0 fully saturated rings. The van der Waals surface area contributed by atoms with Crippen LogP contribution in [0.15, 0.2) is 47.4 Å². The lowest BCUT2D eigenvalue weighted by Gasteiger charge is -2.21. The minimum absolute atomic E-state index is 0.0576. The number of benzene rings is 2. The first-order valence-corrected chi connectivity index (χ1v) is 11.7. The summed E-state index contributed by atoms with van der Waals surface area (Å²) in [5.41, 5.74) is -0.135. The Labute approximate surface area is 193 Å². The van der Waals surface area contributed by atoms with Gasteiger partial charge in [0.15, 0.2) is 6.10 Å². The molecule has 10 heteroatoms. The highest BCUT2D eigenvalue weighted by molar-refractivity contribution is 7.89. The number of carbonyl (C=O) groups is 2. The monoisotopic (exact) mass is 480 g/mol. The van der Waals surface area contributed by atoms with E-state index in [0.29, 0.717) is 5.56 Å². The Bertz CT molecular complexity index is 1110. The van der Waals surface area contributed by atoms with E-state index in [4.69, 9.17) is 9.47 Å². The van der Waals surface area contributed by atoms with E-state index in [2.05, 4.69) is 10.0 Å². The highest BCUT2D eigenvalue weighted by Gasteiger charge is 2.28. The molecule has 0 saturated carbocycles. The summed E-state index contributed by atoms with van der Waals surface area (Å²) in [7, 11) is -2.68. The number of methoxy groups -OCH3 is 1. The van der Waals surface area contributed by atoms with Crippen molar-refractivity contribution in [2.75, 3.05) is 7.11 Å². The summed E-state index contributed by atoms with van der Waals surface area (Å²) in [5.74, 6) is -1.77. The number of sulfonamides is 1. The van der Waals surface area contributed by atoms with Crippen molar-refractivity contribution >= 4 is 21.9 Å². The van der Waals surface area contributed by atoms with Gasteiger partial charge in [-0.05, 0) is 70.5 Å². The van der Waals surface area contributed by atoms with Gasteiger partial charge in [0.2, 0.25) is 10.0 Å². The van der Waals surface area contributed by atoms with Crippen molar-refractivity contribution < 1.29 is 31.9 Å². The fourth-order valence-electron chi connectivity index (χ4n) is 2.92. The Hall–Kier alpha value is -2.98. The Morgan fingerprint density at radius 2 is 1.64 bits per heavy atom. The molecule has 2 atom stereocenters. The number of rotatable bonds is 8. The molecule has 33 heavy (non-hydrogen) atoms. The van der Waals surface area contributed by atoms with E-state index in [1.807, 2.05) is 0 Å². The lowest BCUT2D eigenvalue weighted by molar-refractivity contribution is -0.129. The highest BCUT2D eigenvalue weighted by atomic mass is 32.2. The molecule has 0 aliphatic rings. The Morgan fingerprint density at radius 3 is 2.18 bits per heavy atom. The molecule has 0 spiro atoms. The van der Waals surface area contributed by atoms with Crippen LogP contribution in [0, 0.1) is 5.82 Å². The van der Waals surface area contributed by atoms with Gasteiger partial charge in [0.05, 0.1) is 18.7 Å². The predicted octanol–water partition coefficient (Wildman–Crippen LogP) is 3.33. The second kappa shape index (κ2) is 10.3. The lowest BCUT2D eigenvalue weighted by Crippen LogP contribution is -2.40. The van der Waals surface area contributed by atoms with Gasteiger partial charge in [-0.2, -0.15) is 0 Å². The smallest absolute Gasteiger partial charge is 0.338 e. The summed E-state index contributed by atoms with van der Waals surface area (Å²) in [6, 6.07) is 9.04. The summed E-state index contributed by atoms with van der Waals surface area (Å²) in [5, 5.41) is 2.69. The molecule has 0 aliphatic carbocycles. The number of esters is 1. The molecule has 2 unspecified atom stereocenters. The van der Waals surface area contributed by atoms with Gasteiger partial charge in [0.1, 0.15) is 16.5 Å². The highest BCUT2D eigenvalue weighted by Crippen LogP contribution is 2.26. The maximum atomic E-state index is 13.1. The lowest BCUT2D eigenvalue weighted by atomic mass is 10.1. The molecular formula is C23H29FN2O6S. The SMILES string of the molecule is COc1ccc(C(=O)OC(C)C(=O)NC(C)c2ccc(F)cc2)cc1S(=O)(=O)NC(C)(C)C. The number of carbonyl (C=O) groups excluding carboxylic acids is 2. The van der Waals surface area contributed by atoms with Crippen molar-refractivity contribution in [3.05, 3.63) is 59.4 Å². The number of hydrogen-bond acceptors (Lipinski definition) is 6. The third kappa shape index (κ3) is 7.26. The largest absolute Gasteiger partial charge is 0.495 e. The van der Waals surface area contributed by atoms with Crippen LogP contribution in [0.3, 0.4) is 0 Å². The Balaban J connectivity index is 2.15. The van der Waals surface area contributed by atoms with Crippen molar-refractivity contribution in [1.82, 2.24) is 10.0 Å². The molecule has 0 heterocycles. The first kappa shape index (κ1) is 26.3. The molecule has 8 nitrogen and oxygen atoms in total. The van der Waals surface area contributed by atoms with Gasteiger partial charge in [-0.1, -0.05) is 12.1 Å². The van der Waals surface area contributed by atoms with Crippen LogP contribution in [0.5, 0.6) is 5.75 Å². The summed E-state index contributed by atoms with van der Waals surface area (Å²) >= 11 is 0. The van der Waals surface area contributed by atoms with E-state index < -0.39 is 45.4 Å². The molecule has 180 valence electrons. The molecule has 2 rings (SSSR count). The molecule has 0 radical (unpaired) electrons.